The molecule has 29 heavy (non-hydrogen) atoms. The molecule has 9 nitrogen and oxygen atoms in total. The summed E-state index contributed by atoms with van der Waals surface area (Å²) >= 11 is 0. The Morgan fingerprint density at radius 3 is 3.03 bits per heavy atom. The predicted octanol–water partition coefficient (Wildman–Crippen LogP) is 1.14. The van der Waals surface area contributed by atoms with Crippen LogP contribution in [0.3, 0.4) is 0 Å². The molecule has 3 aromatic rings. The highest BCUT2D eigenvalue weighted by molar-refractivity contribution is 5.83. The molecule has 4 heterocycles. The number of anilines is 1. The smallest absolute Gasteiger partial charge is 0.180 e. The number of pyridine rings is 1. The number of nitrogens with zero attached hydrogens (tertiary/aromatic N) is 5. The van der Waals surface area contributed by atoms with E-state index in [4.69, 9.17) is 10.5 Å². The van der Waals surface area contributed by atoms with Gasteiger partial charge in [0.2, 0.25) is 0 Å². The highest BCUT2D eigenvalue weighted by atomic mass is 19.1. The lowest BCUT2D eigenvalue weighted by molar-refractivity contribution is 0.129. The Hall–Kier alpha value is -3.11. The van der Waals surface area contributed by atoms with Gasteiger partial charge in [0.1, 0.15) is 34.9 Å². The Morgan fingerprint density at radius 1 is 1.34 bits per heavy atom. The first-order chi connectivity index (χ1) is 14.0. The van der Waals surface area contributed by atoms with Gasteiger partial charge in [0.15, 0.2) is 5.82 Å². The Morgan fingerprint density at radius 2 is 2.21 bits per heavy atom. The van der Waals surface area contributed by atoms with Crippen molar-refractivity contribution < 1.29 is 14.6 Å². The predicted molar refractivity (Wildman–Crippen MR) is 105 cm³/mol. The normalized spacial score (nSPS) is 18.0. The number of piperidine rings is 1. The summed E-state index contributed by atoms with van der Waals surface area (Å²) in [6.07, 6.45) is 5.14. The van der Waals surface area contributed by atoms with E-state index in [1.165, 1.54) is 12.3 Å². The van der Waals surface area contributed by atoms with Crippen LogP contribution < -0.4 is 5.32 Å². The fourth-order valence-electron chi connectivity index (χ4n) is 3.50. The van der Waals surface area contributed by atoms with E-state index in [9.17, 15) is 9.50 Å². The lowest BCUT2D eigenvalue weighted by atomic mass is 10.0. The highest BCUT2D eigenvalue weighted by Crippen LogP contribution is 2.20. The monoisotopic (exact) mass is 399 g/mol. The summed E-state index contributed by atoms with van der Waals surface area (Å²) in [5, 5.41) is 30.1. The Kier molecular flexibility index (Phi) is 5.36. The molecule has 4 rings (SSSR count). The molecular weight excluding hydrogens is 377 g/mol. The van der Waals surface area contributed by atoms with Gasteiger partial charge in [0, 0.05) is 31.5 Å². The van der Waals surface area contributed by atoms with Crippen molar-refractivity contribution in [3.63, 3.8) is 0 Å². The van der Waals surface area contributed by atoms with Gasteiger partial charge in [-0.2, -0.15) is 0 Å². The molecule has 3 aromatic heterocycles. The third-order valence-electron chi connectivity index (χ3n) is 4.96. The van der Waals surface area contributed by atoms with E-state index in [0.717, 1.165) is 12.8 Å². The number of aromatic nitrogens is 4. The number of likely N-dealkylation sites (tertiary alicyclic amines) is 1. The molecule has 0 radical (unpaired) electrons. The van der Waals surface area contributed by atoms with Crippen molar-refractivity contribution in [2.45, 2.75) is 25.0 Å². The number of rotatable bonds is 5. The molecule has 0 aliphatic carbocycles. The molecule has 0 bridgehead atoms. The zero-order chi connectivity index (χ0) is 20.4. The van der Waals surface area contributed by atoms with Crippen molar-refractivity contribution >= 4 is 17.3 Å². The summed E-state index contributed by atoms with van der Waals surface area (Å²) in [5.74, 6) is 0.683. The van der Waals surface area contributed by atoms with Crippen molar-refractivity contribution in [3.8, 4) is 11.5 Å². The van der Waals surface area contributed by atoms with Crippen molar-refractivity contribution in [3.05, 3.63) is 42.6 Å². The Bertz CT molecular complexity index is 1020. The van der Waals surface area contributed by atoms with Gasteiger partial charge >= 0.3 is 0 Å². The summed E-state index contributed by atoms with van der Waals surface area (Å²) in [4.78, 5) is 14.9. The topological polar surface area (TPSA) is 123 Å². The van der Waals surface area contributed by atoms with Crippen LogP contribution >= 0.6 is 0 Å². The number of imidazole rings is 1. The number of nitrogens with one attached hydrogen (secondary N) is 2. The van der Waals surface area contributed by atoms with E-state index in [2.05, 4.69) is 20.3 Å². The van der Waals surface area contributed by atoms with E-state index >= 15 is 0 Å². The molecule has 0 saturated carbocycles. The van der Waals surface area contributed by atoms with Crippen molar-refractivity contribution in [1.82, 2.24) is 24.3 Å². The fourth-order valence-corrected chi connectivity index (χ4v) is 3.50. The molecule has 0 amide bonds. The molecule has 4 N–H and O–H groups in total. The first kappa shape index (κ1) is 19.2. The van der Waals surface area contributed by atoms with E-state index in [0.29, 0.717) is 36.1 Å². The molecule has 152 valence electrons. The standard InChI is InChI=1S/C19H22FN7O2/c20-12-3-4-17-23-8-14(27(17)9-12)19-22-6-5-16(25-19)24-13-2-1-7-26(10-13)18(21)15(29)11-28/h3-6,8-9,13,15,21,28-29H,1-2,7,10-11H2,(H,22,24,25)/t13?,15-/m0/s1. The molecule has 1 fully saturated rings. The number of fused-ring (bicyclic) bond motifs is 1. The quantitative estimate of drug-likeness (QED) is 0.375. The second-order valence-electron chi connectivity index (χ2n) is 7.00. The number of amidine groups is 1. The minimum atomic E-state index is -1.17. The van der Waals surface area contributed by atoms with Crippen molar-refractivity contribution in [2.24, 2.45) is 0 Å². The van der Waals surface area contributed by atoms with Crippen LogP contribution in [0, 0.1) is 11.2 Å². The van der Waals surface area contributed by atoms with Gasteiger partial charge in [-0.1, -0.05) is 0 Å². The van der Waals surface area contributed by atoms with Gasteiger partial charge in [0.25, 0.3) is 0 Å². The van der Waals surface area contributed by atoms with Crippen molar-refractivity contribution in [2.75, 3.05) is 25.0 Å². The molecule has 1 aliphatic rings. The third-order valence-corrected chi connectivity index (χ3v) is 4.96. The van der Waals surface area contributed by atoms with Crippen molar-refractivity contribution in [1.29, 1.82) is 5.41 Å². The number of aliphatic hydroxyl groups excluding tert-OH is 2. The average Bonchev–Trinajstić information content (AvgIpc) is 3.16. The highest BCUT2D eigenvalue weighted by Gasteiger charge is 2.25. The number of aliphatic hydroxyl groups is 2. The largest absolute Gasteiger partial charge is 0.393 e. The van der Waals surface area contributed by atoms with Crippen LogP contribution in [0.15, 0.2) is 36.8 Å². The van der Waals surface area contributed by atoms with Crippen LogP contribution in [0.4, 0.5) is 10.2 Å². The zero-order valence-electron chi connectivity index (χ0n) is 15.7. The molecule has 10 heteroatoms. The third kappa shape index (κ3) is 4.03. The Labute approximate surface area is 166 Å². The van der Waals surface area contributed by atoms with E-state index in [1.54, 1.807) is 33.8 Å². The molecule has 1 saturated heterocycles. The maximum absolute atomic E-state index is 13.6. The van der Waals surface area contributed by atoms with Gasteiger partial charge in [0.05, 0.1) is 12.8 Å². The zero-order valence-corrected chi connectivity index (χ0v) is 15.7. The molecule has 1 aliphatic heterocycles. The van der Waals surface area contributed by atoms with Crippen LogP contribution in [0.5, 0.6) is 0 Å². The number of halogens is 1. The SMILES string of the molecule is N=C([C@@H](O)CO)N1CCCC(Nc2ccnc(-c3cnc4ccc(F)cn34)n2)C1. The summed E-state index contributed by atoms with van der Waals surface area (Å²) in [6.45, 7) is 0.717. The Balaban J connectivity index is 1.52. The first-order valence-corrected chi connectivity index (χ1v) is 9.40. The van der Waals surface area contributed by atoms with E-state index in [-0.39, 0.29) is 17.7 Å². The molecule has 1 unspecified atom stereocenters. The van der Waals surface area contributed by atoms with Crippen LogP contribution in [0.25, 0.3) is 17.2 Å². The van der Waals surface area contributed by atoms with Gasteiger partial charge in [-0.05, 0) is 31.0 Å². The lowest BCUT2D eigenvalue weighted by Crippen LogP contribution is -2.49. The molecule has 0 spiro atoms. The summed E-state index contributed by atoms with van der Waals surface area (Å²) in [7, 11) is 0. The van der Waals surface area contributed by atoms with Gasteiger partial charge in [-0.25, -0.2) is 19.3 Å². The minimum absolute atomic E-state index is 0.0233. The number of hydrogen-bond acceptors (Lipinski definition) is 7. The van der Waals surface area contributed by atoms with Gasteiger partial charge in [-0.3, -0.25) is 9.81 Å². The minimum Gasteiger partial charge on any atom is -0.393 e. The summed E-state index contributed by atoms with van der Waals surface area (Å²) in [6, 6.07) is 4.72. The maximum Gasteiger partial charge on any atom is 0.180 e. The van der Waals surface area contributed by atoms with Crippen LogP contribution in [-0.2, 0) is 0 Å². The summed E-state index contributed by atoms with van der Waals surface area (Å²) < 4.78 is 15.2. The second kappa shape index (κ2) is 8.10. The molecular formula is C19H22FN7O2. The first-order valence-electron chi connectivity index (χ1n) is 9.40. The van der Waals surface area contributed by atoms with Crippen LogP contribution in [0.2, 0.25) is 0 Å². The lowest BCUT2D eigenvalue weighted by Gasteiger charge is -2.36. The van der Waals surface area contributed by atoms with Crippen LogP contribution in [0.1, 0.15) is 12.8 Å². The van der Waals surface area contributed by atoms with E-state index < -0.39 is 12.7 Å². The number of hydrogen-bond donors (Lipinski definition) is 4. The van der Waals surface area contributed by atoms with Crippen LogP contribution in [-0.4, -0.2) is 72.1 Å². The fraction of sp³-hybridized carbons (Fsp3) is 0.368. The molecule has 0 aromatic carbocycles. The van der Waals surface area contributed by atoms with Gasteiger partial charge < -0.3 is 20.4 Å². The average molecular weight is 399 g/mol. The van der Waals surface area contributed by atoms with Gasteiger partial charge in [-0.15, -0.1) is 0 Å². The molecule has 2 atom stereocenters. The maximum atomic E-state index is 13.6. The summed E-state index contributed by atoms with van der Waals surface area (Å²) in [5.41, 5.74) is 1.19. The second-order valence-corrected chi connectivity index (χ2v) is 7.00. The van der Waals surface area contributed by atoms with E-state index in [1.807, 2.05) is 0 Å².